The summed E-state index contributed by atoms with van der Waals surface area (Å²) in [4.78, 5) is 49.5. The third-order valence-corrected chi connectivity index (χ3v) is 6.56. The largest absolute Gasteiger partial charge is 0.508 e. The van der Waals surface area contributed by atoms with E-state index in [9.17, 15) is 29.4 Å². The molecule has 3 amide bonds. The molecule has 0 bridgehead atoms. The number of hydrogen-bond acceptors (Lipinski definition) is 7. The van der Waals surface area contributed by atoms with E-state index in [1.165, 1.54) is 36.0 Å². The SMILES string of the molecule is CC1(C)S[C@H]2N(C(=O)[C@@]2(NC=O)NC(=O)C(N)c2ccc(O)cc2)[C@H]1C(=O)O. The van der Waals surface area contributed by atoms with Gasteiger partial charge in [-0.2, -0.15) is 0 Å². The van der Waals surface area contributed by atoms with Gasteiger partial charge in [0.25, 0.3) is 5.91 Å². The van der Waals surface area contributed by atoms with Gasteiger partial charge in [-0.1, -0.05) is 12.1 Å². The first kappa shape index (κ1) is 20.0. The number of aromatic hydroxyl groups is 1. The second kappa shape index (κ2) is 6.67. The van der Waals surface area contributed by atoms with Crippen molar-refractivity contribution in [1.82, 2.24) is 15.5 Å². The fourth-order valence-corrected chi connectivity index (χ4v) is 5.20. The second-order valence-corrected chi connectivity index (χ2v) is 8.89. The van der Waals surface area contributed by atoms with Crippen LogP contribution in [0, 0.1) is 0 Å². The first-order valence-corrected chi connectivity index (χ1v) is 9.24. The van der Waals surface area contributed by atoms with Crippen molar-refractivity contribution in [2.45, 2.75) is 41.7 Å². The molecular formula is C17H20N4O6S. The molecule has 28 heavy (non-hydrogen) atoms. The smallest absolute Gasteiger partial charge is 0.327 e. The van der Waals surface area contributed by atoms with Gasteiger partial charge >= 0.3 is 5.97 Å². The zero-order valence-electron chi connectivity index (χ0n) is 15.1. The number of β-lactam (4-membered cyclic amide) rings is 1. The zero-order valence-corrected chi connectivity index (χ0v) is 15.9. The highest BCUT2D eigenvalue weighted by Gasteiger charge is 2.72. The van der Waals surface area contributed by atoms with Gasteiger partial charge < -0.3 is 31.5 Å². The monoisotopic (exact) mass is 408 g/mol. The lowest BCUT2D eigenvalue weighted by Crippen LogP contribution is -2.85. The molecule has 10 nitrogen and oxygen atoms in total. The van der Waals surface area contributed by atoms with Gasteiger partial charge in [-0.25, -0.2) is 4.79 Å². The van der Waals surface area contributed by atoms with Crippen molar-refractivity contribution in [3.63, 3.8) is 0 Å². The lowest BCUT2D eigenvalue weighted by Gasteiger charge is -2.52. The second-order valence-electron chi connectivity index (χ2n) is 7.16. The average Bonchev–Trinajstić information content (AvgIpc) is 2.90. The van der Waals surface area contributed by atoms with Crippen molar-refractivity contribution in [3.8, 4) is 5.75 Å². The predicted octanol–water partition coefficient (Wildman–Crippen LogP) is -0.903. The molecule has 11 heteroatoms. The van der Waals surface area contributed by atoms with Crippen LogP contribution >= 0.6 is 11.8 Å². The number of fused-ring (bicyclic) bond motifs is 1. The maximum atomic E-state index is 12.8. The molecule has 0 aliphatic carbocycles. The van der Waals surface area contributed by atoms with Crippen molar-refractivity contribution in [3.05, 3.63) is 29.8 Å². The van der Waals surface area contributed by atoms with Crippen molar-refractivity contribution < 1.29 is 29.4 Å². The number of rotatable bonds is 6. The van der Waals surface area contributed by atoms with Crippen LogP contribution in [-0.2, 0) is 19.2 Å². The van der Waals surface area contributed by atoms with Crippen LogP contribution in [0.1, 0.15) is 25.5 Å². The summed E-state index contributed by atoms with van der Waals surface area (Å²) in [5.74, 6) is -2.61. The number of thioether (sulfide) groups is 1. The minimum atomic E-state index is -1.78. The summed E-state index contributed by atoms with van der Waals surface area (Å²) in [6, 6.07) is 3.39. The number of carbonyl (C=O) groups excluding carboxylic acids is 3. The molecule has 0 radical (unpaired) electrons. The maximum Gasteiger partial charge on any atom is 0.327 e. The Morgan fingerprint density at radius 2 is 1.93 bits per heavy atom. The van der Waals surface area contributed by atoms with Crippen molar-refractivity contribution in [1.29, 1.82) is 0 Å². The van der Waals surface area contributed by atoms with Crippen LogP contribution in [-0.4, -0.2) is 61.1 Å². The minimum absolute atomic E-state index is 0.00422. The molecule has 2 aliphatic heterocycles. The Morgan fingerprint density at radius 3 is 2.46 bits per heavy atom. The number of nitrogens with two attached hydrogens (primary N) is 1. The molecular weight excluding hydrogens is 388 g/mol. The fraction of sp³-hybridized carbons (Fsp3) is 0.412. The Labute approximate surface area is 164 Å². The van der Waals surface area contributed by atoms with Gasteiger partial charge in [0.15, 0.2) is 0 Å². The van der Waals surface area contributed by atoms with Gasteiger partial charge in [-0.15, -0.1) is 11.8 Å². The lowest BCUT2D eigenvalue weighted by atomic mass is 9.91. The molecule has 0 spiro atoms. The Bertz CT molecular complexity index is 845. The number of nitrogens with zero attached hydrogens (tertiary/aromatic N) is 1. The Kier molecular flexibility index (Phi) is 4.76. The Hall–Kier alpha value is -2.79. The van der Waals surface area contributed by atoms with Crippen LogP contribution in [0.5, 0.6) is 5.75 Å². The van der Waals surface area contributed by atoms with Crippen LogP contribution < -0.4 is 16.4 Å². The molecule has 2 fully saturated rings. The number of benzene rings is 1. The molecule has 4 atom stereocenters. The topological polar surface area (TPSA) is 162 Å². The van der Waals surface area contributed by atoms with Gasteiger partial charge in [-0.05, 0) is 31.5 Å². The quantitative estimate of drug-likeness (QED) is 0.230. The summed E-state index contributed by atoms with van der Waals surface area (Å²) in [5.41, 5.74) is 4.56. The van der Waals surface area contributed by atoms with E-state index in [1.807, 2.05) is 0 Å². The normalized spacial score (nSPS) is 28.7. The molecule has 1 unspecified atom stereocenters. The molecule has 3 rings (SSSR count). The zero-order chi connectivity index (χ0) is 20.9. The van der Waals surface area contributed by atoms with Crippen molar-refractivity contribution in [2.75, 3.05) is 0 Å². The summed E-state index contributed by atoms with van der Waals surface area (Å²) >= 11 is 1.17. The van der Waals surface area contributed by atoms with Gasteiger partial charge in [0.05, 0.1) is 0 Å². The lowest BCUT2D eigenvalue weighted by molar-refractivity contribution is -0.172. The third kappa shape index (κ3) is 2.87. The molecule has 2 heterocycles. The average molecular weight is 408 g/mol. The van der Waals surface area contributed by atoms with Crippen LogP contribution in [0.2, 0.25) is 0 Å². The van der Waals surface area contributed by atoms with E-state index < -0.39 is 45.7 Å². The van der Waals surface area contributed by atoms with Crippen LogP contribution in [0.25, 0.3) is 0 Å². The Morgan fingerprint density at radius 1 is 1.32 bits per heavy atom. The van der Waals surface area contributed by atoms with Crippen LogP contribution in [0.3, 0.4) is 0 Å². The van der Waals surface area contributed by atoms with Crippen LogP contribution in [0.15, 0.2) is 24.3 Å². The van der Waals surface area contributed by atoms with E-state index in [0.29, 0.717) is 5.56 Å². The summed E-state index contributed by atoms with van der Waals surface area (Å²) in [6.07, 6.45) is 0.281. The highest BCUT2D eigenvalue weighted by atomic mass is 32.2. The van der Waals surface area contributed by atoms with E-state index in [2.05, 4.69) is 10.6 Å². The van der Waals surface area contributed by atoms with Gasteiger partial charge in [0.1, 0.15) is 23.2 Å². The molecule has 150 valence electrons. The predicted molar refractivity (Wildman–Crippen MR) is 98.8 cm³/mol. The first-order chi connectivity index (χ1) is 13.0. The highest BCUT2D eigenvalue weighted by molar-refractivity contribution is 8.01. The highest BCUT2D eigenvalue weighted by Crippen LogP contribution is 2.54. The number of aliphatic carboxylic acids is 1. The van der Waals surface area contributed by atoms with E-state index in [0.717, 1.165) is 4.90 Å². The first-order valence-electron chi connectivity index (χ1n) is 8.36. The summed E-state index contributed by atoms with van der Waals surface area (Å²) in [5, 5.41) is 22.9. The Balaban J connectivity index is 1.87. The number of hydrogen-bond donors (Lipinski definition) is 5. The van der Waals surface area contributed by atoms with Crippen LogP contribution in [0.4, 0.5) is 0 Å². The van der Waals surface area contributed by atoms with E-state index in [4.69, 9.17) is 5.73 Å². The van der Waals surface area contributed by atoms with E-state index in [1.54, 1.807) is 13.8 Å². The maximum absolute atomic E-state index is 12.8. The van der Waals surface area contributed by atoms with Gasteiger partial charge in [0, 0.05) is 4.75 Å². The summed E-state index contributed by atoms with van der Waals surface area (Å²) in [7, 11) is 0. The van der Waals surface area contributed by atoms with Gasteiger partial charge in [-0.3, -0.25) is 14.4 Å². The number of nitrogens with one attached hydrogen (secondary N) is 2. The fourth-order valence-electron chi connectivity index (χ4n) is 3.54. The van der Waals surface area contributed by atoms with E-state index in [-0.39, 0.29) is 12.2 Å². The molecule has 6 N–H and O–H groups in total. The minimum Gasteiger partial charge on any atom is -0.508 e. The van der Waals surface area contributed by atoms with E-state index >= 15 is 0 Å². The number of carbonyl (C=O) groups is 4. The molecule has 1 aromatic rings. The third-order valence-electron chi connectivity index (χ3n) is 4.92. The number of phenols is 1. The summed E-state index contributed by atoms with van der Waals surface area (Å²) < 4.78 is -0.831. The number of amides is 3. The number of phenolic OH excluding ortho intramolecular Hbond substituents is 1. The van der Waals surface area contributed by atoms with Gasteiger partial charge in [0.2, 0.25) is 18.0 Å². The molecule has 2 saturated heterocycles. The molecule has 1 aromatic carbocycles. The number of carboxylic acids is 1. The standard InChI is InChI=1S/C17H20N4O6S/c1-16(2)11(13(25)26)21-14(27)17(19-7-22,15(21)28-16)20-12(24)10(18)8-3-5-9(23)6-4-8/h3-7,10-11,15,23H,18H2,1-2H3,(H,19,22)(H,20,24)(H,25,26)/t10?,11-,15+,17+/m0/s1. The molecule has 2 aliphatic rings. The van der Waals surface area contributed by atoms with Crippen molar-refractivity contribution >= 4 is 36.0 Å². The molecule has 0 aromatic heterocycles. The van der Waals surface area contributed by atoms with Crippen molar-refractivity contribution in [2.24, 2.45) is 5.73 Å². The summed E-state index contributed by atoms with van der Waals surface area (Å²) in [6.45, 7) is 3.36. The number of carboxylic acid groups (broad SMARTS) is 1. The molecule has 0 saturated carbocycles.